The Morgan fingerprint density at radius 1 is 1.11 bits per heavy atom. The summed E-state index contributed by atoms with van der Waals surface area (Å²) in [5, 5.41) is 13.4. The monoisotopic (exact) mass is 384 g/mol. The standard InChI is InChI=1S/C22H28N2O4/c1-27-20-7-9-21(10-8-20)28-16-19(25)15-24-13-11-18(12-14-24)23-22(26)17-5-3-2-4-6-17/h2-10,18-19,25H,11-16H2,1H3,(H,23,26)/t19-/m0/s1. The maximum Gasteiger partial charge on any atom is 0.251 e. The lowest BCUT2D eigenvalue weighted by molar-refractivity contribution is 0.0567. The summed E-state index contributed by atoms with van der Waals surface area (Å²) in [6.07, 6.45) is 1.20. The highest BCUT2D eigenvalue weighted by atomic mass is 16.5. The van der Waals surface area contributed by atoms with Gasteiger partial charge in [-0.15, -0.1) is 0 Å². The first-order chi connectivity index (χ1) is 13.6. The zero-order valence-electron chi connectivity index (χ0n) is 16.2. The highest BCUT2D eigenvalue weighted by molar-refractivity contribution is 5.94. The molecule has 0 spiro atoms. The molecule has 0 radical (unpaired) electrons. The summed E-state index contributed by atoms with van der Waals surface area (Å²) in [6.45, 7) is 2.51. The first kappa shape index (κ1) is 20.2. The third-order valence-electron chi connectivity index (χ3n) is 4.93. The molecule has 1 atom stereocenters. The Morgan fingerprint density at radius 3 is 2.39 bits per heavy atom. The van der Waals surface area contributed by atoms with Crippen LogP contribution in [0.1, 0.15) is 23.2 Å². The van der Waals surface area contributed by atoms with E-state index in [2.05, 4.69) is 10.2 Å². The minimum absolute atomic E-state index is 0.0213. The van der Waals surface area contributed by atoms with Gasteiger partial charge in [0.05, 0.1) is 7.11 Å². The van der Waals surface area contributed by atoms with Crippen molar-refractivity contribution >= 4 is 5.91 Å². The lowest BCUT2D eigenvalue weighted by Crippen LogP contribution is -2.47. The van der Waals surface area contributed by atoms with E-state index in [4.69, 9.17) is 9.47 Å². The molecule has 2 aromatic carbocycles. The normalized spacial score (nSPS) is 16.4. The molecular weight excluding hydrogens is 356 g/mol. The van der Waals surface area contributed by atoms with E-state index in [1.54, 1.807) is 7.11 Å². The van der Waals surface area contributed by atoms with Crippen LogP contribution in [-0.2, 0) is 0 Å². The lowest BCUT2D eigenvalue weighted by Gasteiger charge is -2.33. The van der Waals surface area contributed by atoms with Crippen molar-refractivity contribution in [1.82, 2.24) is 10.2 Å². The summed E-state index contributed by atoms with van der Waals surface area (Å²) >= 11 is 0. The molecule has 2 N–H and O–H groups in total. The summed E-state index contributed by atoms with van der Waals surface area (Å²) in [4.78, 5) is 14.5. The SMILES string of the molecule is COc1ccc(OC[C@@H](O)CN2CCC(NC(=O)c3ccccc3)CC2)cc1. The second kappa shape index (κ2) is 10.1. The molecule has 1 aliphatic heterocycles. The summed E-state index contributed by atoms with van der Waals surface area (Å²) in [7, 11) is 1.62. The molecule has 0 bridgehead atoms. The maximum absolute atomic E-state index is 12.2. The Bertz CT molecular complexity index is 728. The number of hydrogen-bond donors (Lipinski definition) is 2. The minimum atomic E-state index is -0.558. The van der Waals surface area contributed by atoms with E-state index >= 15 is 0 Å². The van der Waals surface area contributed by atoms with E-state index in [0.717, 1.165) is 31.7 Å². The number of likely N-dealkylation sites (tertiary alicyclic amines) is 1. The summed E-state index contributed by atoms with van der Waals surface area (Å²) in [5.74, 6) is 1.46. The van der Waals surface area contributed by atoms with Crippen molar-refractivity contribution in [2.24, 2.45) is 0 Å². The van der Waals surface area contributed by atoms with Gasteiger partial charge >= 0.3 is 0 Å². The molecular formula is C22H28N2O4. The molecule has 2 aromatic rings. The number of benzene rings is 2. The predicted octanol–water partition coefficient (Wildman–Crippen LogP) is 2.33. The van der Waals surface area contributed by atoms with Gasteiger partial charge in [-0.1, -0.05) is 18.2 Å². The van der Waals surface area contributed by atoms with Crippen molar-refractivity contribution in [3.05, 3.63) is 60.2 Å². The highest BCUT2D eigenvalue weighted by Gasteiger charge is 2.22. The Kier molecular flexibility index (Phi) is 7.28. The topological polar surface area (TPSA) is 71.0 Å². The van der Waals surface area contributed by atoms with Crippen LogP contribution >= 0.6 is 0 Å². The van der Waals surface area contributed by atoms with Gasteiger partial charge in [-0.05, 0) is 49.2 Å². The van der Waals surface area contributed by atoms with Gasteiger partial charge in [0.2, 0.25) is 0 Å². The van der Waals surface area contributed by atoms with E-state index in [9.17, 15) is 9.90 Å². The van der Waals surface area contributed by atoms with Crippen LogP contribution in [0.15, 0.2) is 54.6 Å². The van der Waals surface area contributed by atoms with Crippen molar-refractivity contribution in [3.63, 3.8) is 0 Å². The van der Waals surface area contributed by atoms with Crippen molar-refractivity contribution in [1.29, 1.82) is 0 Å². The Labute approximate surface area is 166 Å². The van der Waals surface area contributed by atoms with Crippen LogP contribution in [0, 0.1) is 0 Å². The third-order valence-corrected chi connectivity index (χ3v) is 4.93. The van der Waals surface area contributed by atoms with Gasteiger partial charge < -0.3 is 24.8 Å². The van der Waals surface area contributed by atoms with Crippen LogP contribution in [0.2, 0.25) is 0 Å². The fourth-order valence-electron chi connectivity index (χ4n) is 3.33. The van der Waals surface area contributed by atoms with Gasteiger partial charge in [0, 0.05) is 31.2 Å². The quantitative estimate of drug-likeness (QED) is 0.731. The molecule has 150 valence electrons. The molecule has 1 fully saturated rings. The van der Waals surface area contributed by atoms with Crippen molar-refractivity contribution < 1.29 is 19.4 Å². The average molecular weight is 384 g/mol. The van der Waals surface area contributed by atoms with Crippen molar-refractivity contribution in [2.45, 2.75) is 25.0 Å². The first-order valence-electron chi connectivity index (χ1n) is 9.67. The average Bonchev–Trinajstić information content (AvgIpc) is 2.74. The maximum atomic E-state index is 12.2. The van der Waals surface area contributed by atoms with Gasteiger partial charge in [0.15, 0.2) is 0 Å². The number of hydrogen-bond acceptors (Lipinski definition) is 5. The summed E-state index contributed by atoms with van der Waals surface area (Å²) < 4.78 is 10.8. The molecule has 0 unspecified atom stereocenters. The predicted molar refractivity (Wildman–Crippen MR) is 108 cm³/mol. The summed E-state index contributed by atoms with van der Waals surface area (Å²) in [6, 6.07) is 16.8. The molecule has 28 heavy (non-hydrogen) atoms. The number of rotatable bonds is 8. The number of methoxy groups -OCH3 is 1. The Morgan fingerprint density at radius 2 is 1.75 bits per heavy atom. The van der Waals surface area contributed by atoms with E-state index in [1.165, 1.54) is 0 Å². The zero-order valence-corrected chi connectivity index (χ0v) is 16.2. The van der Waals surface area contributed by atoms with Gasteiger partial charge in [-0.25, -0.2) is 0 Å². The fourth-order valence-corrected chi connectivity index (χ4v) is 3.33. The highest BCUT2D eigenvalue weighted by Crippen LogP contribution is 2.17. The lowest BCUT2D eigenvalue weighted by atomic mass is 10.0. The Hall–Kier alpha value is -2.57. The number of nitrogens with one attached hydrogen (secondary N) is 1. The van der Waals surface area contributed by atoms with E-state index in [1.807, 2.05) is 54.6 Å². The van der Waals surface area contributed by atoms with Gasteiger partial charge in [0.1, 0.15) is 24.2 Å². The van der Waals surface area contributed by atoms with Crippen molar-refractivity contribution in [2.75, 3.05) is 33.4 Å². The molecule has 3 rings (SSSR count). The van der Waals surface area contributed by atoms with Gasteiger partial charge in [-0.3, -0.25) is 4.79 Å². The molecule has 1 saturated heterocycles. The van der Waals surface area contributed by atoms with E-state index in [-0.39, 0.29) is 18.6 Å². The number of amides is 1. The zero-order chi connectivity index (χ0) is 19.8. The number of carbonyl (C=O) groups excluding carboxylic acids is 1. The van der Waals surface area contributed by atoms with Crippen LogP contribution in [0.4, 0.5) is 0 Å². The van der Waals surface area contributed by atoms with Crippen molar-refractivity contribution in [3.8, 4) is 11.5 Å². The molecule has 0 aromatic heterocycles. The smallest absolute Gasteiger partial charge is 0.251 e. The van der Waals surface area contributed by atoms with Crippen LogP contribution in [0.5, 0.6) is 11.5 Å². The Balaban J connectivity index is 1.35. The number of ether oxygens (including phenoxy) is 2. The summed E-state index contributed by atoms with van der Waals surface area (Å²) in [5.41, 5.74) is 0.691. The number of piperidine rings is 1. The van der Waals surface area contributed by atoms with E-state index in [0.29, 0.717) is 17.9 Å². The number of carbonyl (C=O) groups is 1. The van der Waals surface area contributed by atoms with Crippen LogP contribution in [-0.4, -0.2) is 61.4 Å². The molecule has 0 aliphatic carbocycles. The molecule has 6 nitrogen and oxygen atoms in total. The van der Waals surface area contributed by atoms with Crippen LogP contribution < -0.4 is 14.8 Å². The molecule has 1 heterocycles. The largest absolute Gasteiger partial charge is 0.497 e. The minimum Gasteiger partial charge on any atom is -0.497 e. The number of β-amino-alcohol motifs (C(OH)–C–C–N with tert-alkyl or cyclic N) is 1. The number of aliphatic hydroxyl groups excluding tert-OH is 1. The third kappa shape index (κ3) is 5.97. The molecule has 1 amide bonds. The molecule has 6 heteroatoms. The van der Waals surface area contributed by atoms with Gasteiger partial charge in [0.25, 0.3) is 5.91 Å². The number of nitrogens with zero attached hydrogens (tertiary/aromatic N) is 1. The number of aliphatic hydroxyl groups is 1. The van der Waals surface area contributed by atoms with E-state index < -0.39 is 6.10 Å². The van der Waals surface area contributed by atoms with Gasteiger partial charge in [-0.2, -0.15) is 0 Å². The first-order valence-corrected chi connectivity index (χ1v) is 9.67. The fraction of sp³-hybridized carbons (Fsp3) is 0.409. The molecule has 0 saturated carbocycles. The second-order valence-corrected chi connectivity index (χ2v) is 7.05. The van der Waals surface area contributed by atoms with Crippen LogP contribution in [0.25, 0.3) is 0 Å². The van der Waals surface area contributed by atoms with Crippen LogP contribution in [0.3, 0.4) is 0 Å². The molecule has 1 aliphatic rings. The second-order valence-electron chi connectivity index (χ2n) is 7.05.